The number of amides is 1. The summed E-state index contributed by atoms with van der Waals surface area (Å²) in [6.07, 6.45) is 6.87. The number of fused-ring (bicyclic) bond motifs is 1. The molecular formula is C17H18N4OS. The zero-order chi connectivity index (χ0) is 15.8. The Kier molecular flexibility index (Phi) is 3.63. The van der Waals surface area contributed by atoms with Crippen molar-refractivity contribution in [3.8, 4) is 11.3 Å². The van der Waals surface area contributed by atoms with E-state index in [0.29, 0.717) is 0 Å². The van der Waals surface area contributed by atoms with Gasteiger partial charge in [0.05, 0.1) is 11.6 Å². The molecule has 1 fully saturated rings. The third kappa shape index (κ3) is 2.75. The summed E-state index contributed by atoms with van der Waals surface area (Å²) < 4.78 is 2.01. The molecule has 3 N–H and O–H groups in total. The fourth-order valence-electron chi connectivity index (χ4n) is 3.14. The van der Waals surface area contributed by atoms with Crippen LogP contribution in [0.3, 0.4) is 0 Å². The van der Waals surface area contributed by atoms with Gasteiger partial charge in [-0.15, -0.1) is 11.3 Å². The van der Waals surface area contributed by atoms with Gasteiger partial charge in [0.25, 0.3) is 0 Å². The molecule has 0 aliphatic heterocycles. The third-order valence-electron chi connectivity index (χ3n) is 4.45. The van der Waals surface area contributed by atoms with Crippen LogP contribution in [0.4, 0.5) is 5.69 Å². The van der Waals surface area contributed by atoms with E-state index in [1.165, 1.54) is 0 Å². The molecule has 0 spiro atoms. The molecular weight excluding hydrogens is 308 g/mol. The average molecular weight is 326 g/mol. The lowest BCUT2D eigenvalue weighted by molar-refractivity contribution is -0.120. The van der Waals surface area contributed by atoms with Gasteiger partial charge in [-0.3, -0.25) is 9.20 Å². The Balaban J connectivity index is 1.49. The number of nitrogens with one attached hydrogen (secondary N) is 1. The van der Waals surface area contributed by atoms with E-state index in [2.05, 4.69) is 10.3 Å². The Labute approximate surface area is 138 Å². The molecule has 1 aromatic carbocycles. The molecule has 4 rings (SSSR count). The summed E-state index contributed by atoms with van der Waals surface area (Å²) in [5.41, 5.74) is 8.77. The number of thiazole rings is 1. The second kappa shape index (κ2) is 5.79. The number of nitrogens with zero attached hydrogens (tertiary/aromatic N) is 2. The minimum atomic E-state index is -0.0606. The first-order valence-electron chi connectivity index (χ1n) is 7.80. The molecule has 0 saturated heterocycles. The van der Waals surface area contributed by atoms with Crippen LogP contribution < -0.4 is 11.1 Å². The van der Waals surface area contributed by atoms with Crippen molar-refractivity contribution in [1.29, 1.82) is 0 Å². The zero-order valence-electron chi connectivity index (χ0n) is 12.6. The lowest BCUT2D eigenvalue weighted by Gasteiger charge is -2.15. The van der Waals surface area contributed by atoms with E-state index < -0.39 is 0 Å². The molecule has 6 heteroatoms. The summed E-state index contributed by atoms with van der Waals surface area (Å²) in [5, 5.41) is 4.98. The minimum absolute atomic E-state index is 0.00671. The minimum Gasteiger partial charge on any atom is -0.327 e. The van der Waals surface area contributed by atoms with Crippen molar-refractivity contribution in [2.75, 3.05) is 5.32 Å². The number of imidazole rings is 1. The van der Waals surface area contributed by atoms with Crippen LogP contribution in [0.25, 0.3) is 16.2 Å². The summed E-state index contributed by atoms with van der Waals surface area (Å²) in [7, 11) is 0. The largest absolute Gasteiger partial charge is 0.327 e. The summed E-state index contributed by atoms with van der Waals surface area (Å²) in [4.78, 5) is 17.8. The van der Waals surface area contributed by atoms with Crippen molar-refractivity contribution < 1.29 is 4.79 Å². The Morgan fingerprint density at radius 1 is 1.30 bits per heavy atom. The number of carbonyl (C=O) groups excluding carboxylic acids is 1. The number of rotatable bonds is 3. The van der Waals surface area contributed by atoms with Gasteiger partial charge in [0, 0.05) is 35.1 Å². The van der Waals surface area contributed by atoms with Crippen LogP contribution in [0.15, 0.2) is 42.0 Å². The fraction of sp³-hybridized carbons (Fsp3) is 0.294. The van der Waals surface area contributed by atoms with Gasteiger partial charge in [-0.05, 0) is 25.0 Å². The number of benzene rings is 1. The summed E-state index contributed by atoms with van der Waals surface area (Å²) in [5.74, 6) is -0.0279. The van der Waals surface area contributed by atoms with E-state index in [1.807, 2.05) is 46.4 Å². The third-order valence-corrected chi connectivity index (χ3v) is 5.22. The maximum atomic E-state index is 12.3. The van der Waals surface area contributed by atoms with E-state index in [-0.39, 0.29) is 17.9 Å². The Morgan fingerprint density at radius 3 is 2.83 bits per heavy atom. The van der Waals surface area contributed by atoms with Gasteiger partial charge in [0.1, 0.15) is 0 Å². The maximum Gasteiger partial charge on any atom is 0.229 e. The van der Waals surface area contributed by atoms with Gasteiger partial charge in [-0.2, -0.15) is 0 Å². The molecule has 23 heavy (non-hydrogen) atoms. The monoisotopic (exact) mass is 326 g/mol. The van der Waals surface area contributed by atoms with E-state index in [1.54, 1.807) is 11.3 Å². The molecule has 118 valence electrons. The molecule has 3 aromatic rings. The lowest BCUT2D eigenvalue weighted by Crippen LogP contribution is -2.34. The lowest BCUT2D eigenvalue weighted by atomic mass is 10.0. The van der Waals surface area contributed by atoms with E-state index >= 15 is 0 Å². The van der Waals surface area contributed by atoms with Crippen LogP contribution in [0.1, 0.15) is 19.3 Å². The van der Waals surface area contributed by atoms with Crippen LogP contribution in [-0.4, -0.2) is 21.3 Å². The number of hydrogen-bond donors (Lipinski definition) is 2. The Bertz CT molecular complexity index is 807. The number of nitrogens with two attached hydrogens (primary N) is 1. The van der Waals surface area contributed by atoms with Gasteiger partial charge in [-0.25, -0.2) is 4.98 Å². The summed E-state index contributed by atoms with van der Waals surface area (Å²) >= 11 is 1.61. The van der Waals surface area contributed by atoms with Crippen molar-refractivity contribution in [1.82, 2.24) is 9.38 Å². The molecule has 2 heterocycles. The number of anilines is 1. The zero-order valence-corrected chi connectivity index (χ0v) is 13.4. The molecule has 1 aliphatic carbocycles. The van der Waals surface area contributed by atoms with E-state index in [0.717, 1.165) is 41.2 Å². The van der Waals surface area contributed by atoms with Crippen LogP contribution in [0, 0.1) is 5.92 Å². The SMILES string of the molecule is NC1CCCC1C(=O)Nc1ccc(-c2cn3ccsc3n2)cc1. The standard InChI is InChI=1S/C17H18N4OS/c18-14-3-1-2-13(14)16(22)19-12-6-4-11(5-7-12)15-10-21-8-9-23-17(21)20-15/h4-10,13-14H,1-3,18H2,(H,19,22). The molecule has 1 amide bonds. The van der Waals surface area contributed by atoms with Crippen molar-refractivity contribution in [2.24, 2.45) is 11.7 Å². The fourth-order valence-corrected chi connectivity index (χ4v) is 3.84. The van der Waals surface area contributed by atoms with Gasteiger partial charge >= 0.3 is 0 Å². The highest BCUT2D eigenvalue weighted by Crippen LogP contribution is 2.26. The summed E-state index contributed by atoms with van der Waals surface area (Å²) in [6.45, 7) is 0. The predicted octanol–water partition coefficient (Wildman–Crippen LogP) is 3.13. The number of aromatic nitrogens is 2. The average Bonchev–Trinajstić information content (AvgIpc) is 3.23. The Morgan fingerprint density at radius 2 is 2.13 bits per heavy atom. The molecule has 2 unspecified atom stereocenters. The highest BCUT2D eigenvalue weighted by Gasteiger charge is 2.30. The Hall–Kier alpha value is -2.18. The topological polar surface area (TPSA) is 72.4 Å². The second-order valence-electron chi connectivity index (χ2n) is 5.99. The quantitative estimate of drug-likeness (QED) is 0.776. The van der Waals surface area contributed by atoms with Crippen molar-refractivity contribution in [2.45, 2.75) is 25.3 Å². The molecule has 2 aromatic heterocycles. The van der Waals surface area contributed by atoms with Crippen molar-refractivity contribution >= 4 is 27.9 Å². The van der Waals surface area contributed by atoms with Crippen LogP contribution in [-0.2, 0) is 4.79 Å². The number of carbonyl (C=O) groups is 1. The first-order valence-corrected chi connectivity index (χ1v) is 8.68. The first-order chi connectivity index (χ1) is 11.2. The highest BCUT2D eigenvalue weighted by molar-refractivity contribution is 7.15. The van der Waals surface area contributed by atoms with E-state index in [9.17, 15) is 4.79 Å². The molecule has 1 aliphatic rings. The predicted molar refractivity (Wildman–Crippen MR) is 92.5 cm³/mol. The van der Waals surface area contributed by atoms with E-state index in [4.69, 9.17) is 5.73 Å². The normalized spacial score (nSPS) is 20.9. The van der Waals surface area contributed by atoms with Crippen LogP contribution in [0.2, 0.25) is 0 Å². The second-order valence-corrected chi connectivity index (χ2v) is 6.86. The highest BCUT2D eigenvalue weighted by atomic mass is 32.1. The van der Waals surface area contributed by atoms with Gasteiger partial charge < -0.3 is 11.1 Å². The first kappa shape index (κ1) is 14.4. The molecule has 1 saturated carbocycles. The van der Waals surface area contributed by atoms with Gasteiger partial charge in [-0.1, -0.05) is 18.6 Å². The molecule has 0 bridgehead atoms. The molecule has 2 atom stereocenters. The molecule has 0 radical (unpaired) electrons. The van der Waals surface area contributed by atoms with Crippen molar-refractivity contribution in [3.63, 3.8) is 0 Å². The molecule has 5 nitrogen and oxygen atoms in total. The van der Waals surface area contributed by atoms with Crippen LogP contribution in [0.5, 0.6) is 0 Å². The smallest absolute Gasteiger partial charge is 0.229 e. The van der Waals surface area contributed by atoms with Gasteiger partial charge in [0.15, 0.2) is 4.96 Å². The maximum absolute atomic E-state index is 12.3. The number of hydrogen-bond acceptors (Lipinski definition) is 4. The summed E-state index contributed by atoms with van der Waals surface area (Å²) in [6, 6.07) is 7.79. The van der Waals surface area contributed by atoms with Crippen molar-refractivity contribution in [3.05, 3.63) is 42.0 Å². The van der Waals surface area contributed by atoms with Gasteiger partial charge in [0.2, 0.25) is 5.91 Å². The van der Waals surface area contributed by atoms with Crippen LogP contribution >= 0.6 is 11.3 Å².